The van der Waals surface area contributed by atoms with E-state index in [9.17, 15) is 9.59 Å². The molecule has 1 atom stereocenters. The molecule has 5 nitrogen and oxygen atoms in total. The molecular weight excluding hydrogens is 441 g/mol. The third-order valence-corrected chi connectivity index (χ3v) is 6.13. The molecule has 146 valence electrons. The predicted molar refractivity (Wildman–Crippen MR) is 117 cm³/mol. The number of hydrogen-bond acceptors (Lipinski definition) is 4. The summed E-state index contributed by atoms with van der Waals surface area (Å²) in [5.41, 5.74) is 1.13. The van der Waals surface area contributed by atoms with Crippen molar-refractivity contribution in [2.75, 3.05) is 11.9 Å². The molecule has 1 N–H and O–H groups in total. The zero-order valence-corrected chi connectivity index (χ0v) is 17.9. The van der Waals surface area contributed by atoms with Crippen molar-refractivity contribution >= 4 is 74.9 Å². The normalized spacial score (nSPS) is 18.4. The van der Waals surface area contributed by atoms with Crippen LogP contribution < -0.4 is 5.32 Å². The molecule has 0 saturated carbocycles. The number of hydrogen-bond donors (Lipinski definition) is 1. The average Bonchev–Trinajstić information content (AvgIpc) is 2.64. The largest absolute Gasteiger partial charge is 0.325 e. The number of benzene rings is 2. The Morgan fingerprint density at radius 2 is 2.00 bits per heavy atom. The van der Waals surface area contributed by atoms with Crippen molar-refractivity contribution in [3.8, 4) is 0 Å². The maximum Gasteiger partial charge on any atom is 0.238 e. The molecule has 2 aromatic rings. The van der Waals surface area contributed by atoms with Crippen molar-refractivity contribution < 1.29 is 9.59 Å². The smallest absolute Gasteiger partial charge is 0.238 e. The SMILES string of the molecule is CCN1C(=O)CC(C(=O)Nc2ccc(Cl)c(Cl)c2)SC1=Nc1cccc(Cl)c1. The minimum atomic E-state index is -0.609. The fraction of sp³-hybridized carbons (Fsp3) is 0.211. The maximum atomic E-state index is 12.7. The van der Waals surface area contributed by atoms with Crippen LogP contribution in [0.1, 0.15) is 13.3 Å². The van der Waals surface area contributed by atoms with Gasteiger partial charge in [-0.25, -0.2) is 4.99 Å². The van der Waals surface area contributed by atoms with Gasteiger partial charge in [0.2, 0.25) is 11.8 Å². The van der Waals surface area contributed by atoms with Crippen LogP contribution in [0.5, 0.6) is 0 Å². The van der Waals surface area contributed by atoms with E-state index in [0.29, 0.717) is 38.2 Å². The topological polar surface area (TPSA) is 61.8 Å². The van der Waals surface area contributed by atoms with Gasteiger partial charge in [-0.05, 0) is 43.3 Å². The second-order valence-electron chi connectivity index (χ2n) is 5.94. The van der Waals surface area contributed by atoms with Gasteiger partial charge in [-0.3, -0.25) is 14.5 Å². The van der Waals surface area contributed by atoms with Gasteiger partial charge >= 0.3 is 0 Å². The average molecular weight is 457 g/mol. The van der Waals surface area contributed by atoms with Gasteiger partial charge in [0.05, 0.1) is 15.7 Å². The van der Waals surface area contributed by atoms with Crippen LogP contribution >= 0.6 is 46.6 Å². The van der Waals surface area contributed by atoms with E-state index in [-0.39, 0.29) is 18.2 Å². The van der Waals surface area contributed by atoms with E-state index in [1.165, 1.54) is 11.8 Å². The Bertz CT molecular complexity index is 952. The molecule has 2 amide bonds. The van der Waals surface area contributed by atoms with Crippen LogP contribution in [0.15, 0.2) is 47.5 Å². The third-order valence-electron chi connectivity index (χ3n) is 3.97. The lowest BCUT2D eigenvalue weighted by Gasteiger charge is -2.30. The quantitative estimate of drug-likeness (QED) is 0.649. The highest BCUT2D eigenvalue weighted by molar-refractivity contribution is 8.15. The van der Waals surface area contributed by atoms with Crippen LogP contribution in [0, 0.1) is 0 Å². The van der Waals surface area contributed by atoms with Crippen molar-refractivity contribution in [3.05, 3.63) is 57.5 Å². The van der Waals surface area contributed by atoms with Crippen molar-refractivity contribution in [1.29, 1.82) is 0 Å². The molecule has 0 spiro atoms. The van der Waals surface area contributed by atoms with Gasteiger partial charge in [0.25, 0.3) is 0 Å². The minimum absolute atomic E-state index is 0.0836. The number of nitrogens with zero attached hydrogens (tertiary/aromatic N) is 2. The Labute approximate surface area is 182 Å². The summed E-state index contributed by atoms with van der Waals surface area (Å²) < 4.78 is 0. The second kappa shape index (κ2) is 9.18. The van der Waals surface area contributed by atoms with E-state index < -0.39 is 5.25 Å². The van der Waals surface area contributed by atoms with Crippen molar-refractivity contribution in [1.82, 2.24) is 4.90 Å². The highest BCUT2D eigenvalue weighted by Crippen LogP contribution is 2.31. The summed E-state index contributed by atoms with van der Waals surface area (Å²) in [7, 11) is 0. The highest BCUT2D eigenvalue weighted by atomic mass is 35.5. The van der Waals surface area contributed by atoms with Crippen molar-refractivity contribution in [2.24, 2.45) is 4.99 Å². The number of amidine groups is 1. The minimum Gasteiger partial charge on any atom is -0.325 e. The van der Waals surface area contributed by atoms with Crippen LogP contribution in [-0.4, -0.2) is 33.7 Å². The van der Waals surface area contributed by atoms with Crippen LogP contribution in [-0.2, 0) is 9.59 Å². The Morgan fingerprint density at radius 1 is 1.21 bits per heavy atom. The predicted octanol–water partition coefficient (Wildman–Crippen LogP) is 5.63. The van der Waals surface area contributed by atoms with E-state index in [2.05, 4.69) is 10.3 Å². The number of thioether (sulfide) groups is 1. The second-order valence-corrected chi connectivity index (χ2v) is 8.36. The van der Waals surface area contributed by atoms with Gasteiger partial charge in [-0.1, -0.05) is 52.6 Å². The van der Waals surface area contributed by atoms with E-state index in [1.54, 1.807) is 47.4 Å². The molecule has 1 saturated heterocycles. The third kappa shape index (κ3) is 5.00. The molecule has 0 radical (unpaired) electrons. The van der Waals surface area contributed by atoms with E-state index in [4.69, 9.17) is 34.8 Å². The van der Waals surface area contributed by atoms with Gasteiger partial charge in [-0.2, -0.15) is 0 Å². The summed E-state index contributed by atoms with van der Waals surface area (Å²) in [6.45, 7) is 2.33. The first kappa shape index (κ1) is 21.0. The number of carbonyl (C=O) groups excluding carboxylic acids is 2. The van der Waals surface area contributed by atoms with Gasteiger partial charge in [0.1, 0.15) is 5.25 Å². The first-order chi connectivity index (χ1) is 13.4. The van der Waals surface area contributed by atoms with Gasteiger partial charge in [0, 0.05) is 23.7 Å². The number of rotatable bonds is 4. The summed E-state index contributed by atoms with van der Waals surface area (Å²) in [4.78, 5) is 31.3. The summed E-state index contributed by atoms with van der Waals surface area (Å²) >= 11 is 19.1. The monoisotopic (exact) mass is 455 g/mol. The first-order valence-corrected chi connectivity index (χ1v) is 10.5. The Morgan fingerprint density at radius 3 is 2.68 bits per heavy atom. The Hall–Kier alpha value is -1.73. The van der Waals surface area contributed by atoms with E-state index in [1.807, 2.05) is 6.92 Å². The summed E-state index contributed by atoms with van der Waals surface area (Å²) in [6.07, 6.45) is 0.0836. The molecule has 1 aliphatic rings. The van der Waals surface area contributed by atoms with Crippen molar-refractivity contribution in [3.63, 3.8) is 0 Å². The lowest BCUT2D eigenvalue weighted by Crippen LogP contribution is -2.45. The number of halogens is 3. The number of nitrogens with one attached hydrogen (secondary N) is 1. The van der Waals surface area contributed by atoms with E-state index >= 15 is 0 Å². The number of carbonyl (C=O) groups is 2. The zero-order valence-electron chi connectivity index (χ0n) is 14.8. The van der Waals surface area contributed by atoms with Crippen LogP contribution in [0.4, 0.5) is 11.4 Å². The Kier molecular flexibility index (Phi) is 6.88. The summed E-state index contributed by atoms with van der Waals surface area (Å²) in [6, 6.07) is 11.8. The van der Waals surface area contributed by atoms with E-state index in [0.717, 1.165) is 0 Å². The first-order valence-electron chi connectivity index (χ1n) is 8.44. The van der Waals surface area contributed by atoms with Crippen LogP contribution in [0.3, 0.4) is 0 Å². The molecule has 28 heavy (non-hydrogen) atoms. The van der Waals surface area contributed by atoms with Crippen LogP contribution in [0.25, 0.3) is 0 Å². The maximum absolute atomic E-state index is 12.7. The number of aliphatic imine (C=N–C) groups is 1. The lowest BCUT2D eigenvalue weighted by molar-refractivity contribution is -0.129. The van der Waals surface area contributed by atoms with Crippen LogP contribution in [0.2, 0.25) is 15.1 Å². The summed E-state index contributed by atoms with van der Waals surface area (Å²) in [5, 5.41) is 3.92. The van der Waals surface area contributed by atoms with Gasteiger partial charge < -0.3 is 5.32 Å². The molecule has 1 aliphatic heterocycles. The molecule has 1 fully saturated rings. The van der Waals surface area contributed by atoms with Gasteiger partial charge in [-0.15, -0.1) is 0 Å². The molecule has 0 aliphatic carbocycles. The van der Waals surface area contributed by atoms with Gasteiger partial charge in [0.15, 0.2) is 5.17 Å². The highest BCUT2D eigenvalue weighted by Gasteiger charge is 2.35. The van der Waals surface area contributed by atoms with Crippen molar-refractivity contribution in [2.45, 2.75) is 18.6 Å². The molecule has 0 bridgehead atoms. The molecule has 1 unspecified atom stereocenters. The fourth-order valence-corrected chi connectivity index (χ4v) is 4.25. The molecule has 2 aromatic carbocycles. The Balaban J connectivity index is 1.81. The molecule has 3 rings (SSSR count). The molecule has 9 heteroatoms. The molecule has 1 heterocycles. The number of amides is 2. The number of anilines is 1. The lowest BCUT2D eigenvalue weighted by atomic mass is 10.2. The standard InChI is InChI=1S/C19H16Cl3N3O2S/c1-2-25-17(26)10-16(18(27)23-13-6-7-14(21)15(22)9-13)28-19(25)24-12-5-3-4-11(20)8-12/h3-9,16H,2,10H2,1H3,(H,23,27). The fourth-order valence-electron chi connectivity index (χ4n) is 2.61. The molecular formula is C19H16Cl3N3O2S. The zero-order chi connectivity index (χ0) is 20.3. The molecule has 0 aromatic heterocycles. The summed E-state index contributed by atoms with van der Waals surface area (Å²) in [5.74, 6) is -0.456.